The molecule has 3 rings (SSSR count). The van der Waals surface area contributed by atoms with Gasteiger partial charge < -0.3 is 4.57 Å². The minimum absolute atomic E-state index is 0.268. The first kappa shape index (κ1) is 14.5. The Bertz CT molecular complexity index is 786. The Labute approximate surface area is 134 Å². The third kappa shape index (κ3) is 2.80. The van der Waals surface area contributed by atoms with Crippen LogP contribution in [0.1, 0.15) is 23.7 Å². The number of hydrogen-bond donors (Lipinski definition) is 0. The molecule has 0 radical (unpaired) electrons. The van der Waals surface area contributed by atoms with Gasteiger partial charge in [0.2, 0.25) is 0 Å². The molecule has 1 atom stereocenters. The Morgan fingerprint density at radius 2 is 2.24 bits per heavy atom. The molecule has 0 saturated heterocycles. The molecule has 6 heteroatoms. The fraction of sp³-hybridized carbons (Fsp3) is 0.200. The second-order valence-corrected chi connectivity index (χ2v) is 6.30. The van der Waals surface area contributed by atoms with E-state index in [4.69, 9.17) is 11.6 Å². The van der Waals surface area contributed by atoms with Gasteiger partial charge in [-0.1, -0.05) is 6.07 Å². The van der Waals surface area contributed by atoms with E-state index in [1.807, 2.05) is 23.6 Å². The fourth-order valence-corrected chi connectivity index (χ4v) is 2.78. The highest BCUT2D eigenvalue weighted by molar-refractivity contribution is 9.10. The molecule has 0 aliphatic rings. The lowest BCUT2D eigenvalue weighted by molar-refractivity contribution is 0.622. The van der Waals surface area contributed by atoms with Gasteiger partial charge in [-0.3, -0.25) is 4.98 Å². The summed E-state index contributed by atoms with van der Waals surface area (Å²) in [4.78, 5) is 8.58. The van der Waals surface area contributed by atoms with E-state index in [-0.39, 0.29) is 11.2 Å². The van der Waals surface area contributed by atoms with Crippen molar-refractivity contribution in [2.24, 2.45) is 0 Å². The van der Waals surface area contributed by atoms with Crippen molar-refractivity contribution in [3.63, 3.8) is 0 Å². The minimum Gasteiger partial charge on any atom is -0.322 e. The predicted molar refractivity (Wildman–Crippen MR) is 85.0 cm³/mol. The summed E-state index contributed by atoms with van der Waals surface area (Å²) >= 11 is 9.44. The molecule has 2 aromatic heterocycles. The Kier molecular flexibility index (Phi) is 3.95. The number of benzene rings is 1. The van der Waals surface area contributed by atoms with Gasteiger partial charge in [0.25, 0.3) is 0 Å². The van der Waals surface area contributed by atoms with Crippen molar-refractivity contribution in [1.29, 1.82) is 0 Å². The molecule has 3 nitrogen and oxygen atoms in total. The van der Waals surface area contributed by atoms with Crippen LogP contribution < -0.4 is 0 Å². The molecule has 0 spiro atoms. The van der Waals surface area contributed by atoms with Crippen molar-refractivity contribution in [3.05, 3.63) is 58.3 Å². The zero-order chi connectivity index (χ0) is 15.0. The first-order chi connectivity index (χ1) is 10.1. The zero-order valence-electron chi connectivity index (χ0n) is 11.2. The first-order valence-electron chi connectivity index (χ1n) is 6.44. The van der Waals surface area contributed by atoms with Gasteiger partial charge in [-0.2, -0.15) is 0 Å². The van der Waals surface area contributed by atoms with Crippen molar-refractivity contribution < 1.29 is 4.39 Å². The van der Waals surface area contributed by atoms with Gasteiger partial charge in [0.15, 0.2) is 0 Å². The molecular weight excluding hydrogens is 357 g/mol. The second-order valence-electron chi connectivity index (χ2n) is 4.79. The maximum atomic E-state index is 13.7. The van der Waals surface area contributed by atoms with Gasteiger partial charge in [-0.05, 0) is 40.5 Å². The highest BCUT2D eigenvalue weighted by Crippen LogP contribution is 2.29. The molecule has 0 aliphatic heterocycles. The van der Waals surface area contributed by atoms with Crippen LogP contribution >= 0.6 is 27.5 Å². The maximum Gasteiger partial charge on any atom is 0.139 e. The van der Waals surface area contributed by atoms with E-state index in [1.165, 1.54) is 6.07 Å². The molecule has 1 aromatic carbocycles. The quantitative estimate of drug-likeness (QED) is 0.628. The largest absolute Gasteiger partial charge is 0.322 e. The summed E-state index contributed by atoms with van der Waals surface area (Å²) in [5.74, 6) is 0.385. The van der Waals surface area contributed by atoms with Gasteiger partial charge in [-0.25, -0.2) is 9.37 Å². The summed E-state index contributed by atoms with van der Waals surface area (Å²) in [5, 5.41) is -0.268. The summed E-state index contributed by atoms with van der Waals surface area (Å²) in [6, 6.07) is 7.02. The van der Waals surface area contributed by atoms with Crippen molar-refractivity contribution in [2.45, 2.75) is 18.8 Å². The van der Waals surface area contributed by atoms with E-state index >= 15 is 0 Å². The topological polar surface area (TPSA) is 30.7 Å². The molecule has 21 heavy (non-hydrogen) atoms. The SMILES string of the molecule is CC(Cl)c1nc2cc(F)c(Br)cc2n1Cc1cccnc1. The first-order valence-corrected chi connectivity index (χ1v) is 7.67. The molecule has 0 N–H and O–H groups in total. The minimum atomic E-state index is -0.331. The van der Waals surface area contributed by atoms with E-state index in [1.54, 1.807) is 18.5 Å². The van der Waals surface area contributed by atoms with Crippen molar-refractivity contribution in [1.82, 2.24) is 14.5 Å². The molecule has 108 valence electrons. The molecule has 0 aliphatic carbocycles. The summed E-state index contributed by atoms with van der Waals surface area (Å²) in [6.07, 6.45) is 3.53. The highest BCUT2D eigenvalue weighted by Gasteiger charge is 2.17. The van der Waals surface area contributed by atoms with Crippen LogP contribution in [-0.4, -0.2) is 14.5 Å². The Hall–Kier alpha value is -1.46. The lowest BCUT2D eigenvalue weighted by Crippen LogP contribution is -2.06. The van der Waals surface area contributed by atoms with E-state index in [0.717, 1.165) is 11.1 Å². The molecule has 0 amide bonds. The number of imidazole rings is 1. The average Bonchev–Trinajstić information content (AvgIpc) is 2.79. The van der Waals surface area contributed by atoms with Crippen LogP contribution in [0.2, 0.25) is 0 Å². The molecule has 0 fully saturated rings. The smallest absolute Gasteiger partial charge is 0.139 e. The van der Waals surface area contributed by atoms with Crippen LogP contribution in [0, 0.1) is 5.82 Å². The van der Waals surface area contributed by atoms with Gasteiger partial charge in [0.05, 0.1) is 27.4 Å². The Balaban J connectivity index is 2.18. The van der Waals surface area contributed by atoms with Crippen LogP contribution in [0.25, 0.3) is 11.0 Å². The number of rotatable bonds is 3. The summed E-state index contributed by atoms with van der Waals surface area (Å²) in [5.41, 5.74) is 2.48. The predicted octanol–water partition coefficient (Wildman–Crippen LogP) is 4.68. The van der Waals surface area contributed by atoms with Gasteiger partial charge in [0, 0.05) is 18.5 Å². The lowest BCUT2D eigenvalue weighted by Gasteiger charge is -2.10. The van der Waals surface area contributed by atoms with E-state index in [0.29, 0.717) is 22.4 Å². The fourth-order valence-electron chi connectivity index (χ4n) is 2.28. The summed E-state index contributed by atoms with van der Waals surface area (Å²) in [7, 11) is 0. The van der Waals surface area contributed by atoms with Crippen LogP contribution in [0.5, 0.6) is 0 Å². The average molecular weight is 369 g/mol. The number of nitrogens with zero attached hydrogens (tertiary/aromatic N) is 3. The molecule has 0 saturated carbocycles. The number of fused-ring (bicyclic) bond motifs is 1. The zero-order valence-corrected chi connectivity index (χ0v) is 13.6. The standard InChI is InChI=1S/C15H12BrClFN3/c1-9(17)15-20-13-6-12(18)11(16)5-14(13)21(15)8-10-3-2-4-19-7-10/h2-7,9H,8H2,1H3. The van der Waals surface area contributed by atoms with Crippen LogP contribution in [0.3, 0.4) is 0 Å². The number of pyridine rings is 1. The third-order valence-corrected chi connectivity index (χ3v) is 4.04. The number of halogens is 3. The Morgan fingerprint density at radius 3 is 2.90 bits per heavy atom. The molecular formula is C15H12BrClFN3. The third-order valence-electron chi connectivity index (χ3n) is 3.24. The molecule has 0 bridgehead atoms. The van der Waals surface area contributed by atoms with Gasteiger partial charge in [-0.15, -0.1) is 11.6 Å². The van der Waals surface area contributed by atoms with Crippen LogP contribution in [0.15, 0.2) is 41.1 Å². The monoisotopic (exact) mass is 367 g/mol. The van der Waals surface area contributed by atoms with E-state index in [2.05, 4.69) is 25.9 Å². The number of alkyl halides is 1. The van der Waals surface area contributed by atoms with E-state index < -0.39 is 0 Å². The van der Waals surface area contributed by atoms with Gasteiger partial charge >= 0.3 is 0 Å². The molecule has 2 heterocycles. The molecule has 3 aromatic rings. The Morgan fingerprint density at radius 1 is 1.43 bits per heavy atom. The number of aromatic nitrogens is 3. The van der Waals surface area contributed by atoms with E-state index in [9.17, 15) is 4.39 Å². The maximum absolute atomic E-state index is 13.7. The van der Waals surface area contributed by atoms with Crippen molar-refractivity contribution >= 4 is 38.6 Å². The van der Waals surface area contributed by atoms with Crippen molar-refractivity contribution in [2.75, 3.05) is 0 Å². The van der Waals surface area contributed by atoms with Gasteiger partial charge in [0.1, 0.15) is 11.6 Å². The number of hydrogen-bond acceptors (Lipinski definition) is 2. The second kappa shape index (κ2) is 5.73. The highest BCUT2D eigenvalue weighted by atomic mass is 79.9. The lowest BCUT2D eigenvalue weighted by atomic mass is 10.2. The normalized spacial score (nSPS) is 12.8. The van der Waals surface area contributed by atoms with Crippen molar-refractivity contribution in [3.8, 4) is 0 Å². The molecule has 1 unspecified atom stereocenters. The summed E-state index contributed by atoms with van der Waals surface area (Å²) in [6.45, 7) is 2.45. The van der Waals surface area contributed by atoms with Crippen LogP contribution in [-0.2, 0) is 6.54 Å². The summed E-state index contributed by atoms with van der Waals surface area (Å²) < 4.78 is 16.1. The van der Waals surface area contributed by atoms with Crippen LogP contribution in [0.4, 0.5) is 4.39 Å².